The zero-order chi connectivity index (χ0) is 15.6. The minimum absolute atomic E-state index is 0.108. The quantitative estimate of drug-likeness (QED) is 0.741. The zero-order valence-corrected chi connectivity index (χ0v) is 13.1. The van der Waals surface area contributed by atoms with Crippen LogP contribution >= 0.6 is 0 Å². The number of rotatable bonds is 3. The zero-order valence-electron chi connectivity index (χ0n) is 13.1. The lowest BCUT2D eigenvalue weighted by Gasteiger charge is -2.33. The predicted octanol–water partition coefficient (Wildman–Crippen LogP) is 2.04. The molecule has 0 spiro atoms. The van der Waals surface area contributed by atoms with Crippen molar-refractivity contribution in [3.05, 3.63) is 48.4 Å². The van der Waals surface area contributed by atoms with Gasteiger partial charge in [0.05, 0.1) is 42.7 Å². The summed E-state index contributed by atoms with van der Waals surface area (Å²) in [4.78, 5) is 11.5. The maximum atomic E-state index is 5.88. The molecule has 0 amide bonds. The second-order valence-electron chi connectivity index (χ2n) is 5.90. The summed E-state index contributed by atoms with van der Waals surface area (Å²) in [7, 11) is 0. The molecule has 3 heterocycles. The molecule has 1 saturated heterocycles. The number of fused-ring (bicyclic) bond motifs is 1. The molecule has 1 aliphatic rings. The van der Waals surface area contributed by atoms with Crippen LogP contribution in [0.1, 0.15) is 5.56 Å². The summed E-state index contributed by atoms with van der Waals surface area (Å²) < 4.78 is 7.82. The van der Waals surface area contributed by atoms with Crippen LogP contribution < -0.4 is 4.90 Å². The molecule has 1 aliphatic heterocycles. The largest absolute Gasteiger partial charge is 0.373 e. The highest BCUT2D eigenvalue weighted by Gasteiger charge is 2.22. The van der Waals surface area contributed by atoms with Crippen LogP contribution in [0.3, 0.4) is 0 Å². The van der Waals surface area contributed by atoms with Gasteiger partial charge in [-0.25, -0.2) is 4.98 Å². The summed E-state index contributed by atoms with van der Waals surface area (Å²) in [5.41, 5.74) is 3.02. The molecule has 0 aliphatic carbocycles. The van der Waals surface area contributed by atoms with E-state index in [4.69, 9.17) is 9.72 Å². The van der Waals surface area contributed by atoms with E-state index < -0.39 is 0 Å². The molecule has 1 atom stereocenters. The van der Waals surface area contributed by atoms with Crippen LogP contribution in [-0.4, -0.2) is 45.5 Å². The number of ether oxygens (including phenoxy) is 1. The maximum absolute atomic E-state index is 5.88. The highest BCUT2D eigenvalue weighted by Crippen LogP contribution is 2.18. The van der Waals surface area contributed by atoms with Gasteiger partial charge in [-0.2, -0.15) is 5.10 Å². The molecule has 0 radical (unpaired) electrons. The van der Waals surface area contributed by atoms with Crippen molar-refractivity contribution in [2.45, 2.75) is 19.6 Å². The van der Waals surface area contributed by atoms with E-state index in [9.17, 15) is 0 Å². The lowest BCUT2D eigenvalue weighted by molar-refractivity contribution is 0.0272. The fraction of sp³-hybridized carbons (Fsp3) is 0.353. The average Bonchev–Trinajstić information content (AvgIpc) is 2.99. The molecule has 23 heavy (non-hydrogen) atoms. The number of morpholine rings is 1. The van der Waals surface area contributed by atoms with Gasteiger partial charge in [0.2, 0.25) is 0 Å². The molecule has 6 nitrogen and oxygen atoms in total. The van der Waals surface area contributed by atoms with Crippen molar-refractivity contribution in [2.75, 3.05) is 24.6 Å². The van der Waals surface area contributed by atoms with Gasteiger partial charge >= 0.3 is 0 Å². The maximum Gasteiger partial charge on any atom is 0.148 e. The molecule has 0 N–H and O–H groups in total. The van der Waals surface area contributed by atoms with Crippen molar-refractivity contribution >= 4 is 16.9 Å². The number of anilines is 1. The Balaban J connectivity index is 1.51. The minimum Gasteiger partial charge on any atom is -0.373 e. The Morgan fingerprint density at radius 1 is 1.22 bits per heavy atom. The molecular weight excluding hydrogens is 290 g/mol. The van der Waals surface area contributed by atoms with E-state index in [1.165, 1.54) is 0 Å². The monoisotopic (exact) mass is 309 g/mol. The third-order valence-corrected chi connectivity index (χ3v) is 4.05. The first-order chi connectivity index (χ1) is 11.3. The summed E-state index contributed by atoms with van der Waals surface area (Å²) in [5, 5.41) is 4.34. The van der Waals surface area contributed by atoms with Gasteiger partial charge in [0, 0.05) is 19.3 Å². The highest BCUT2D eigenvalue weighted by molar-refractivity contribution is 5.75. The third kappa shape index (κ3) is 3.03. The normalized spacial score (nSPS) is 18.5. The Kier molecular flexibility index (Phi) is 3.67. The predicted molar refractivity (Wildman–Crippen MR) is 88.5 cm³/mol. The van der Waals surface area contributed by atoms with E-state index in [0.717, 1.165) is 42.0 Å². The fourth-order valence-electron chi connectivity index (χ4n) is 2.91. The van der Waals surface area contributed by atoms with E-state index in [2.05, 4.69) is 15.0 Å². The molecule has 0 bridgehead atoms. The van der Waals surface area contributed by atoms with Crippen LogP contribution in [0.2, 0.25) is 0 Å². The number of aromatic nitrogens is 4. The molecule has 2 aromatic heterocycles. The van der Waals surface area contributed by atoms with Crippen molar-refractivity contribution in [1.29, 1.82) is 0 Å². The molecule has 0 saturated carbocycles. The minimum atomic E-state index is 0.108. The van der Waals surface area contributed by atoms with E-state index in [-0.39, 0.29) is 6.10 Å². The molecule has 118 valence electrons. The van der Waals surface area contributed by atoms with Gasteiger partial charge in [-0.15, -0.1) is 0 Å². The van der Waals surface area contributed by atoms with E-state index in [0.29, 0.717) is 6.61 Å². The van der Waals surface area contributed by atoms with Crippen molar-refractivity contribution in [3.8, 4) is 0 Å². The van der Waals surface area contributed by atoms with Crippen molar-refractivity contribution < 1.29 is 4.74 Å². The van der Waals surface area contributed by atoms with Gasteiger partial charge in [0.1, 0.15) is 5.82 Å². The lowest BCUT2D eigenvalue weighted by Crippen LogP contribution is -2.44. The fourth-order valence-corrected chi connectivity index (χ4v) is 2.91. The summed E-state index contributed by atoms with van der Waals surface area (Å²) in [6, 6.07) is 7.95. The van der Waals surface area contributed by atoms with Gasteiger partial charge in [0.25, 0.3) is 0 Å². The van der Waals surface area contributed by atoms with Gasteiger partial charge in [-0.3, -0.25) is 9.67 Å². The van der Waals surface area contributed by atoms with E-state index in [1.54, 1.807) is 0 Å². The smallest absolute Gasteiger partial charge is 0.148 e. The van der Waals surface area contributed by atoms with Gasteiger partial charge in [-0.05, 0) is 24.6 Å². The standard InChI is InChI=1S/C17H19N5O/c1-13-8-19-22(10-13)12-14-11-21(6-7-23-14)17-9-18-15-4-2-3-5-16(15)20-17/h2-5,8-10,14H,6-7,11-12H2,1H3/t14-/m0/s1. The number of benzene rings is 1. The number of nitrogens with zero attached hydrogens (tertiary/aromatic N) is 5. The first-order valence-corrected chi connectivity index (χ1v) is 7.85. The number of para-hydroxylation sites is 2. The molecule has 0 unspecified atom stereocenters. The first kappa shape index (κ1) is 14.1. The SMILES string of the molecule is Cc1cnn(C[C@@H]2CN(c3cnc4ccccc4n3)CCO2)c1. The first-order valence-electron chi connectivity index (χ1n) is 7.85. The second kappa shape index (κ2) is 5.96. The lowest BCUT2D eigenvalue weighted by atomic mass is 10.2. The third-order valence-electron chi connectivity index (χ3n) is 4.05. The Bertz CT molecular complexity index is 815. The van der Waals surface area contributed by atoms with Gasteiger partial charge in [0.15, 0.2) is 0 Å². The molecule has 4 rings (SSSR count). The Morgan fingerprint density at radius 2 is 2.09 bits per heavy atom. The summed E-state index contributed by atoms with van der Waals surface area (Å²) in [5.74, 6) is 0.911. The van der Waals surface area contributed by atoms with Crippen LogP contribution in [0.25, 0.3) is 11.0 Å². The van der Waals surface area contributed by atoms with Crippen molar-refractivity contribution in [1.82, 2.24) is 19.7 Å². The number of hydrogen-bond donors (Lipinski definition) is 0. The van der Waals surface area contributed by atoms with Crippen LogP contribution in [-0.2, 0) is 11.3 Å². The Morgan fingerprint density at radius 3 is 2.91 bits per heavy atom. The van der Waals surface area contributed by atoms with Crippen LogP contribution in [0.5, 0.6) is 0 Å². The highest BCUT2D eigenvalue weighted by atomic mass is 16.5. The van der Waals surface area contributed by atoms with Crippen molar-refractivity contribution in [2.24, 2.45) is 0 Å². The molecule has 6 heteroatoms. The molecular formula is C17H19N5O. The number of hydrogen-bond acceptors (Lipinski definition) is 5. The molecule has 1 fully saturated rings. The van der Waals surface area contributed by atoms with Crippen LogP contribution in [0.4, 0.5) is 5.82 Å². The van der Waals surface area contributed by atoms with E-state index >= 15 is 0 Å². The Hall–Kier alpha value is -2.47. The second-order valence-corrected chi connectivity index (χ2v) is 5.90. The van der Waals surface area contributed by atoms with Crippen molar-refractivity contribution in [3.63, 3.8) is 0 Å². The summed E-state index contributed by atoms with van der Waals surface area (Å²) in [6.07, 6.45) is 5.87. The average molecular weight is 309 g/mol. The van der Waals surface area contributed by atoms with Gasteiger partial charge in [-0.1, -0.05) is 12.1 Å². The number of aryl methyl sites for hydroxylation is 1. The Labute approximate surface area is 134 Å². The summed E-state index contributed by atoms with van der Waals surface area (Å²) in [6.45, 7) is 5.13. The summed E-state index contributed by atoms with van der Waals surface area (Å²) >= 11 is 0. The molecule has 1 aromatic carbocycles. The topological polar surface area (TPSA) is 56.1 Å². The van der Waals surface area contributed by atoms with E-state index in [1.807, 2.05) is 54.5 Å². The van der Waals surface area contributed by atoms with Gasteiger partial charge < -0.3 is 9.64 Å². The van der Waals surface area contributed by atoms with Crippen LogP contribution in [0, 0.1) is 6.92 Å². The van der Waals surface area contributed by atoms with Crippen LogP contribution in [0.15, 0.2) is 42.9 Å². The molecule has 3 aromatic rings.